The van der Waals surface area contributed by atoms with E-state index in [1.807, 2.05) is 13.0 Å². The van der Waals surface area contributed by atoms with Crippen molar-refractivity contribution in [3.8, 4) is 0 Å². The Balaban J connectivity index is 2.04. The van der Waals surface area contributed by atoms with Crippen LogP contribution in [-0.2, 0) is 4.74 Å². The fourth-order valence-corrected chi connectivity index (χ4v) is 2.63. The van der Waals surface area contributed by atoms with Crippen LogP contribution >= 0.6 is 11.6 Å². The third-order valence-electron chi connectivity index (χ3n) is 3.72. The standard InChI is InChI=1S/C16H23ClN2O2/c1-3-8-18-14-6-5-12(17)10-13(14)15(20)19-11-16(2)7-4-9-21-16/h5-6,10,18H,3-4,7-9,11H2,1-2H3,(H,19,20). The Morgan fingerprint density at radius 2 is 2.29 bits per heavy atom. The fraction of sp³-hybridized carbons (Fsp3) is 0.562. The lowest BCUT2D eigenvalue weighted by Crippen LogP contribution is -2.40. The first kappa shape index (κ1) is 16.1. The Bertz CT molecular complexity index is 499. The fourth-order valence-electron chi connectivity index (χ4n) is 2.46. The van der Waals surface area contributed by atoms with E-state index in [0.717, 1.165) is 38.1 Å². The van der Waals surface area contributed by atoms with Gasteiger partial charge in [0.05, 0.1) is 11.2 Å². The van der Waals surface area contributed by atoms with E-state index in [9.17, 15) is 4.79 Å². The van der Waals surface area contributed by atoms with Crippen LogP contribution in [-0.4, -0.2) is 31.2 Å². The van der Waals surface area contributed by atoms with Gasteiger partial charge >= 0.3 is 0 Å². The molecule has 0 aromatic heterocycles. The van der Waals surface area contributed by atoms with Gasteiger partial charge in [0, 0.05) is 30.4 Å². The molecule has 1 heterocycles. The minimum Gasteiger partial charge on any atom is -0.384 e. The van der Waals surface area contributed by atoms with Crippen molar-refractivity contribution in [2.24, 2.45) is 0 Å². The highest BCUT2D eigenvalue weighted by molar-refractivity contribution is 6.31. The number of carbonyl (C=O) groups is 1. The number of anilines is 1. The summed E-state index contributed by atoms with van der Waals surface area (Å²) in [6.07, 6.45) is 3.02. The van der Waals surface area contributed by atoms with Crippen molar-refractivity contribution in [1.29, 1.82) is 0 Å². The van der Waals surface area contributed by atoms with Crippen molar-refractivity contribution in [1.82, 2.24) is 5.32 Å². The second-order valence-corrected chi connectivity index (χ2v) is 6.14. The van der Waals surface area contributed by atoms with Gasteiger partial charge in [0.25, 0.3) is 5.91 Å². The molecule has 1 aliphatic heterocycles. The van der Waals surface area contributed by atoms with Gasteiger partial charge in [-0.3, -0.25) is 4.79 Å². The van der Waals surface area contributed by atoms with Crippen molar-refractivity contribution in [2.45, 2.75) is 38.7 Å². The molecule has 1 aromatic carbocycles. The summed E-state index contributed by atoms with van der Waals surface area (Å²) in [5.74, 6) is -0.118. The zero-order chi connectivity index (χ0) is 15.3. The topological polar surface area (TPSA) is 50.4 Å². The van der Waals surface area contributed by atoms with Crippen LogP contribution in [0, 0.1) is 0 Å². The van der Waals surface area contributed by atoms with Crippen LogP contribution in [0.4, 0.5) is 5.69 Å². The predicted octanol–water partition coefficient (Wildman–Crippen LogP) is 3.46. The molecular formula is C16H23ClN2O2. The maximum atomic E-state index is 12.4. The molecule has 0 saturated carbocycles. The average molecular weight is 311 g/mol. The SMILES string of the molecule is CCCNc1ccc(Cl)cc1C(=O)NCC1(C)CCCO1. The van der Waals surface area contributed by atoms with Gasteiger partial charge in [-0.05, 0) is 44.4 Å². The molecule has 4 nitrogen and oxygen atoms in total. The number of carbonyl (C=O) groups excluding carboxylic acids is 1. The smallest absolute Gasteiger partial charge is 0.253 e. The van der Waals surface area contributed by atoms with E-state index in [1.54, 1.807) is 12.1 Å². The molecule has 0 aliphatic carbocycles. The summed E-state index contributed by atoms with van der Waals surface area (Å²) in [4.78, 5) is 12.4. The number of ether oxygens (including phenoxy) is 1. The van der Waals surface area contributed by atoms with Gasteiger partial charge in [-0.15, -0.1) is 0 Å². The first-order valence-electron chi connectivity index (χ1n) is 7.50. The lowest BCUT2D eigenvalue weighted by Gasteiger charge is -2.23. The largest absolute Gasteiger partial charge is 0.384 e. The molecule has 1 fully saturated rings. The molecule has 1 saturated heterocycles. The van der Waals surface area contributed by atoms with Gasteiger partial charge < -0.3 is 15.4 Å². The predicted molar refractivity (Wildman–Crippen MR) is 86.2 cm³/mol. The lowest BCUT2D eigenvalue weighted by atomic mass is 10.0. The number of hydrogen-bond acceptors (Lipinski definition) is 3. The maximum absolute atomic E-state index is 12.4. The highest BCUT2D eigenvalue weighted by Crippen LogP contribution is 2.25. The second-order valence-electron chi connectivity index (χ2n) is 5.70. The molecule has 1 atom stereocenters. The highest BCUT2D eigenvalue weighted by atomic mass is 35.5. The Morgan fingerprint density at radius 1 is 1.48 bits per heavy atom. The van der Waals surface area contributed by atoms with Crippen molar-refractivity contribution in [3.63, 3.8) is 0 Å². The molecule has 1 unspecified atom stereocenters. The summed E-state index contributed by atoms with van der Waals surface area (Å²) in [6.45, 7) is 6.23. The molecule has 0 spiro atoms. The van der Waals surface area contributed by atoms with Gasteiger partial charge in [0.1, 0.15) is 0 Å². The summed E-state index contributed by atoms with van der Waals surface area (Å²) in [6, 6.07) is 5.34. The quantitative estimate of drug-likeness (QED) is 0.846. The van der Waals surface area contributed by atoms with Gasteiger partial charge in [0.15, 0.2) is 0 Å². The molecule has 1 amide bonds. The zero-order valence-electron chi connectivity index (χ0n) is 12.7. The van der Waals surface area contributed by atoms with Crippen molar-refractivity contribution < 1.29 is 9.53 Å². The summed E-state index contributed by atoms with van der Waals surface area (Å²) >= 11 is 6.02. The molecule has 1 aromatic rings. The Hall–Kier alpha value is -1.26. The summed E-state index contributed by atoms with van der Waals surface area (Å²) in [7, 11) is 0. The van der Waals surface area contributed by atoms with E-state index < -0.39 is 0 Å². The number of benzene rings is 1. The van der Waals surface area contributed by atoms with E-state index in [4.69, 9.17) is 16.3 Å². The number of amides is 1. The zero-order valence-corrected chi connectivity index (χ0v) is 13.4. The van der Waals surface area contributed by atoms with Crippen LogP contribution in [0.15, 0.2) is 18.2 Å². The van der Waals surface area contributed by atoms with Crippen LogP contribution in [0.25, 0.3) is 0 Å². The monoisotopic (exact) mass is 310 g/mol. The van der Waals surface area contributed by atoms with E-state index in [0.29, 0.717) is 17.1 Å². The summed E-state index contributed by atoms with van der Waals surface area (Å²) in [5.41, 5.74) is 1.15. The molecule has 0 radical (unpaired) electrons. The maximum Gasteiger partial charge on any atom is 0.253 e. The number of nitrogens with one attached hydrogen (secondary N) is 2. The molecule has 116 valence electrons. The minimum absolute atomic E-state index is 0.118. The van der Waals surface area contributed by atoms with Crippen LogP contribution in [0.1, 0.15) is 43.5 Å². The van der Waals surface area contributed by atoms with Crippen molar-refractivity contribution in [3.05, 3.63) is 28.8 Å². The highest BCUT2D eigenvalue weighted by Gasteiger charge is 2.30. The molecular weight excluding hydrogens is 288 g/mol. The number of hydrogen-bond donors (Lipinski definition) is 2. The second kappa shape index (κ2) is 7.14. The average Bonchev–Trinajstić information content (AvgIpc) is 2.91. The minimum atomic E-state index is -0.245. The summed E-state index contributed by atoms with van der Waals surface area (Å²) in [5, 5.41) is 6.78. The molecule has 2 rings (SSSR count). The molecule has 0 bridgehead atoms. The molecule has 5 heteroatoms. The Kier molecular flexibility index (Phi) is 5.48. The van der Waals surface area contributed by atoms with Crippen molar-refractivity contribution in [2.75, 3.05) is 25.0 Å². The molecule has 2 N–H and O–H groups in total. The third kappa shape index (κ3) is 4.35. The third-order valence-corrected chi connectivity index (χ3v) is 3.95. The Labute approximate surface area is 131 Å². The van der Waals surface area contributed by atoms with E-state index >= 15 is 0 Å². The van der Waals surface area contributed by atoms with E-state index in [2.05, 4.69) is 17.6 Å². The first-order valence-corrected chi connectivity index (χ1v) is 7.87. The summed E-state index contributed by atoms with van der Waals surface area (Å²) < 4.78 is 5.69. The lowest BCUT2D eigenvalue weighted by molar-refractivity contribution is 0.0206. The Morgan fingerprint density at radius 3 is 2.95 bits per heavy atom. The van der Waals surface area contributed by atoms with Crippen LogP contribution in [0.2, 0.25) is 5.02 Å². The normalized spacial score (nSPS) is 21.3. The van der Waals surface area contributed by atoms with Crippen molar-refractivity contribution >= 4 is 23.2 Å². The van der Waals surface area contributed by atoms with Gasteiger partial charge in [-0.25, -0.2) is 0 Å². The molecule has 21 heavy (non-hydrogen) atoms. The first-order chi connectivity index (χ1) is 10.0. The van der Waals surface area contributed by atoms with Gasteiger partial charge in [-0.2, -0.15) is 0 Å². The number of halogens is 1. The van der Waals surface area contributed by atoms with Gasteiger partial charge in [-0.1, -0.05) is 18.5 Å². The van der Waals surface area contributed by atoms with Crippen LogP contribution in [0.5, 0.6) is 0 Å². The van der Waals surface area contributed by atoms with Gasteiger partial charge in [0.2, 0.25) is 0 Å². The van der Waals surface area contributed by atoms with Crippen LogP contribution in [0.3, 0.4) is 0 Å². The number of rotatable bonds is 6. The molecule has 1 aliphatic rings. The van der Waals surface area contributed by atoms with E-state index in [-0.39, 0.29) is 11.5 Å². The van der Waals surface area contributed by atoms with E-state index in [1.165, 1.54) is 0 Å². The van der Waals surface area contributed by atoms with Crippen LogP contribution < -0.4 is 10.6 Å².